The van der Waals surface area contributed by atoms with Gasteiger partial charge in [-0.15, -0.1) is 0 Å². The van der Waals surface area contributed by atoms with Crippen LogP contribution in [0.4, 0.5) is 15.8 Å². The first kappa shape index (κ1) is 14.6. The van der Waals surface area contributed by atoms with Gasteiger partial charge in [0.1, 0.15) is 17.6 Å². The van der Waals surface area contributed by atoms with Crippen LogP contribution in [0.5, 0.6) is 0 Å². The lowest BCUT2D eigenvalue weighted by Crippen LogP contribution is -2.22. The molecule has 0 aliphatic rings. The molecule has 4 N–H and O–H groups in total. The van der Waals surface area contributed by atoms with Crippen LogP contribution in [0.2, 0.25) is 0 Å². The van der Waals surface area contributed by atoms with Crippen LogP contribution in [0, 0.1) is 15.9 Å². The van der Waals surface area contributed by atoms with Gasteiger partial charge in [-0.3, -0.25) is 10.1 Å². The monoisotopic (exact) mass is 271 g/mol. The molecule has 0 radical (unpaired) electrons. The van der Waals surface area contributed by atoms with Crippen molar-refractivity contribution in [2.45, 2.75) is 12.2 Å². The standard InChI is InChI=1S/C9H10FN5O4/c10-4-1-5(8(11)6(2-4)15(18)19)9(17)7(16)3-13-14-12/h1-2,7,9,16-17H,3,11H2. The topological polar surface area (TPSA) is 158 Å². The van der Waals surface area contributed by atoms with E-state index in [0.717, 1.165) is 6.07 Å². The second-order valence-electron chi connectivity index (χ2n) is 3.61. The normalized spacial score (nSPS) is 13.4. The molecule has 19 heavy (non-hydrogen) atoms. The molecule has 0 aliphatic heterocycles. The molecule has 1 rings (SSSR count). The van der Waals surface area contributed by atoms with Gasteiger partial charge in [-0.05, 0) is 11.6 Å². The molecule has 1 aromatic carbocycles. The van der Waals surface area contributed by atoms with Gasteiger partial charge in [-0.2, -0.15) is 0 Å². The Labute approximate surface area is 105 Å². The van der Waals surface area contributed by atoms with Crippen LogP contribution < -0.4 is 5.73 Å². The first-order valence-corrected chi connectivity index (χ1v) is 4.98. The summed E-state index contributed by atoms with van der Waals surface area (Å²) >= 11 is 0. The molecular formula is C9H10FN5O4. The molecule has 0 aliphatic carbocycles. The summed E-state index contributed by atoms with van der Waals surface area (Å²) in [5.74, 6) is -0.981. The highest BCUT2D eigenvalue weighted by molar-refractivity contribution is 5.64. The Hall–Kier alpha value is -2.42. The van der Waals surface area contributed by atoms with Crippen molar-refractivity contribution in [3.05, 3.63) is 44.1 Å². The van der Waals surface area contributed by atoms with Gasteiger partial charge in [-0.1, -0.05) is 5.11 Å². The molecular weight excluding hydrogens is 261 g/mol. The summed E-state index contributed by atoms with van der Waals surface area (Å²) in [6, 6.07) is 1.37. The molecule has 1 aromatic rings. The Morgan fingerprint density at radius 3 is 2.74 bits per heavy atom. The van der Waals surface area contributed by atoms with E-state index in [1.54, 1.807) is 0 Å². The number of azide groups is 1. The number of benzene rings is 1. The first-order valence-electron chi connectivity index (χ1n) is 4.98. The molecule has 9 nitrogen and oxygen atoms in total. The average Bonchev–Trinajstić information content (AvgIpc) is 2.37. The van der Waals surface area contributed by atoms with Crippen molar-refractivity contribution in [3.63, 3.8) is 0 Å². The molecule has 0 amide bonds. The molecule has 10 heteroatoms. The molecule has 0 spiro atoms. The second-order valence-corrected chi connectivity index (χ2v) is 3.61. The Bertz CT molecular complexity index is 546. The van der Waals surface area contributed by atoms with Crippen molar-refractivity contribution in [2.24, 2.45) is 5.11 Å². The number of halogens is 1. The molecule has 0 bridgehead atoms. The Balaban J connectivity index is 3.19. The SMILES string of the molecule is [N-]=[N+]=NCC(O)C(O)c1cc(F)cc([N+](=O)[O-])c1N. The van der Waals surface area contributed by atoms with Crippen molar-refractivity contribution in [3.8, 4) is 0 Å². The number of hydrogen-bond donors (Lipinski definition) is 3. The van der Waals surface area contributed by atoms with Crippen molar-refractivity contribution in [1.82, 2.24) is 0 Å². The molecule has 2 atom stereocenters. The summed E-state index contributed by atoms with van der Waals surface area (Å²) in [4.78, 5) is 12.1. The lowest BCUT2D eigenvalue weighted by Gasteiger charge is -2.17. The fraction of sp³-hybridized carbons (Fsp3) is 0.333. The summed E-state index contributed by atoms with van der Waals surface area (Å²) in [6.45, 7) is -0.485. The third-order valence-corrected chi connectivity index (χ3v) is 2.37. The van der Waals surface area contributed by atoms with E-state index in [0.29, 0.717) is 6.07 Å². The zero-order valence-electron chi connectivity index (χ0n) is 9.47. The van der Waals surface area contributed by atoms with Crippen molar-refractivity contribution in [1.29, 1.82) is 0 Å². The number of anilines is 1. The third-order valence-electron chi connectivity index (χ3n) is 2.37. The average molecular weight is 271 g/mol. The highest BCUT2D eigenvalue weighted by Gasteiger charge is 2.26. The number of nitro groups is 1. The molecule has 102 valence electrons. The van der Waals surface area contributed by atoms with E-state index in [4.69, 9.17) is 11.3 Å². The Morgan fingerprint density at radius 1 is 1.58 bits per heavy atom. The maximum atomic E-state index is 13.2. The quantitative estimate of drug-likeness (QED) is 0.182. The van der Waals surface area contributed by atoms with Gasteiger partial charge in [-0.25, -0.2) is 4.39 Å². The van der Waals surface area contributed by atoms with E-state index in [-0.39, 0.29) is 5.56 Å². The molecule has 0 fully saturated rings. The molecule has 0 saturated carbocycles. The maximum absolute atomic E-state index is 13.2. The van der Waals surface area contributed by atoms with Crippen LogP contribution in [-0.4, -0.2) is 27.8 Å². The van der Waals surface area contributed by atoms with E-state index in [2.05, 4.69) is 10.0 Å². The smallest absolute Gasteiger partial charge is 0.295 e. The van der Waals surface area contributed by atoms with E-state index >= 15 is 0 Å². The predicted molar refractivity (Wildman–Crippen MR) is 62.4 cm³/mol. The van der Waals surface area contributed by atoms with Crippen molar-refractivity contribution in [2.75, 3.05) is 12.3 Å². The molecule has 0 saturated heterocycles. The Kier molecular flexibility index (Phi) is 4.59. The van der Waals surface area contributed by atoms with Crippen molar-refractivity contribution < 1.29 is 19.5 Å². The summed E-state index contributed by atoms with van der Waals surface area (Å²) in [5.41, 5.74) is 12.0. The predicted octanol–water partition coefficient (Wildman–Crippen LogP) is 1.02. The number of nitrogens with two attached hydrogens (primary N) is 1. The number of aliphatic hydroxyl groups is 2. The number of hydrogen-bond acceptors (Lipinski definition) is 6. The second kappa shape index (κ2) is 5.96. The first-order chi connectivity index (χ1) is 8.88. The number of aliphatic hydroxyl groups excluding tert-OH is 2. The molecule has 0 heterocycles. The van der Waals surface area contributed by atoms with Crippen molar-refractivity contribution >= 4 is 11.4 Å². The van der Waals surface area contributed by atoms with Gasteiger partial charge in [0.05, 0.1) is 23.6 Å². The Morgan fingerprint density at radius 2 is 2.21 bits per heavy atom. The fourth-order valence-corrected chi connectivity index (χ4v) is 1.45. The van der Waals surface area contributed by atoms with E-state index in [1.807, 2.05) is 0 Å². The van der Waals surface area contributed by atoms with Crippen LogP contribution in [0.25, 0.3) is 10.4 Å². The van der Waals surface area contributed by atoms with E-state index < -0.39 is 40.9 Å². The summed E-state index contributed by atoms with van der Waals surface area (Å²) in [6.07, 6.45) is -3.26. The highest BCUT2D eigenvalue weighted by atomic mass is 19.1. The van der Waals surface area contributed by atoms with Gasteiger partial charge in [0.15, 0.2) is 0 Å². The number of rotatable bonds is 5. The fourth-order valence-electron chi connectivity index (χ4n) is 1.45. The van der Waals surface area contributed by atoms with Gasteiger partial charge in [0.25, 0.3) is 5.69 Å². The molecule has 0 aromatic heterocycles. The zero-order valence-corrected chi connectivity index (χ0v) is 9.47. The minimum Gasteiger partial charge on any atom is -0.393 e. The van der Waals surface area contributed by atoms with E-state index in [1.165, 1.54) is 0 Å². The van der Waals surface area contributed by atoms with Crippen LogP contribution >= 0.6 is 0 Å². The highest BCUT2D eigenvalue weighted by Crippen LogP contribution is 2.32. The summed E-state index contributed by atoms with van der Waals surface area (Å²) in [5, 5.41) is 32.9. The third kappa shape index (κ3) is 3.28. The summed E-state index contributed by atoms with van der Waals surface area (Å²) < 4.78 is 13.2. The van der Waals surface area contributed by atoms with Crippen LogP contribution in [0.15, 0.2) is 17.2 Å². The van der Waals surface area contributed by atoms with Gasteiger partial charge in [0, 0.05) is 10.5 Å². The maximum Gasteiger partial charge on any atom is 0.295 e. The van der Waals surface area contributed by atoms with Gasteiger partial charge >= 0.3 is 0 Å². The number of nitro benzene ring substituents is 1. The molecule has 2 unspecified atom stereocenters. The van der Waals surface area contributed by atoms with Gasteiger partial charge < -0.3 is 15.9 Å². The minimum atomic E-state index is -1.71. The minimum absolute atomic E-state index is 0.340. The lowest BCUT2D eigenvalue weighted by atomic mass is 10.0. The van der Waals surface area contributed by atoms with Crippen LogP contribution in [0.1, 0.15) is 11.7 Å². The summed E-state index contributed by atoms with van der Waals surface area (Å²) in [7, 11) is 0. The van der Waals surface area contributed by atoms with E-state index in [9.17, 15) is 24.7 Å². The van der Waals surface area contributed by atoms with Gasteiger partial charge in [0.2, 0.25) is 0 Å². The van der Waals surface area contributed by atoms with Crippen LogP contribution in [-0.2, 0) is 0 Å². The largest absolute Gasteiger partial charge is 0.393 e. The lowest BCUT2D eigenvalue weighted by molar-refractivity contribution is -0.384. The zero-order chi connectivity index (χ0) is 14.6. The number of nitrogens with zero attached hydrogens (tertiary/aromatic N) is 4. The number of nitrogen functional groups attached to an aromatic ring is 1. The van der Waals surface area contributed by atoms with Crippen LogP contribution in [0.3, 0.4) is 0 Å².